The van der Waals surface area contributed by atoms with E-state index in [2.05, 4.69) is 43.3 Å². The number of aromatic nitrogens is 1. The van der Waals surface area contributed by atoms with E-state index in [1.165, 1.54) is 0 Å². The van der Waals surface area contributed by atoms with E-state index in [0.29, 0.717) is 18.3 Å². The second kappa shape index (κ2) is 11.8. The van der Waals surface area contributed by atoms with E-state index in [-0.39, 0.29) is 24.0 Å². The van der Waals surface area contributed by atoms with Crippen LogP contribution < -0.4 is 15.4 Å². The van der Waals surface area contributed by atoms with Gasteiger partial charge >= 0.3 is 0 Å². The zero-order valence-electron chi connectivity index (χ0n) is 19.4. The minimum absolute atomic E-state index is 0.0389. The molecule has 0 aliphatic carbocycles. The number of amides is 1. The van der Waals surface area contributed by atoms with E-state index in [1.807, 2.05) is 30.9 Å². The summed E-state index contributed by atoms with van der Waals surface area (Å²) in [7, 11) is 0. The van der Waals surface area contributed by atoms with Gasteiger partial charge in [-0.1, -0.05) is 27.7 Å². The van der Waals surface area contributed by atoms with Crippen LogP contribution in [0.1, 0.15) is 59.9 Å². The lowest BCUT2D eigenvalue weighted by Crippen LogP contribution is -2.45. The predicted molar refractivity (Wildman–Crippen MR) is 122 cm³/mol. The van der Waals surface area contributed by atoms with Crippen molar-refractivity contribution in [3.63, 3.8) is 0 Å². The minimum Gasteiger partial charge on any atom is -0.475 e. The molecule has 0 radical (unpaired) electrons. The highest BCUT2D eigenvalue weighted by Gasteiger charge is 2.27. The molecule has 1 aromatic heterocycles. The lowest BCUT2D eigenvalue weighted by atomic mass is 10.1. The second-order valence-electron chi connectivity index (χ2n) is 8.82. The zero-order valence-corrected chi connectivity index (χ0v) is 19.4. The normalized spacial score (nSPS) is 18.1. The molecule has 0 bridgehead atoms. The van der Waals surface area contributed by atoms with E-state index >= 15 is 0 Å². The first-order valence-corrected chi connectivity index (χ1v) is 11.2. The number of nitrogens with one attached hydrogen (secondary N) is 2. The zero-order chi connectivity index (χ0) is 22.1. The van der Waals surface area contributed by atoms with E-state index in [9.17, 15) is 4.79 Å². The van der Waals surface area contributed by atoms with Crippen molar-refractivity contribution in [2.45, 2.75) is 73.1 Å². The number of hydrogen-bond donors (Lipinski definition) is 2. The fourth-order valence-electron chi connectivity index (χ4n) is 3.66. The molecule has 1 aliphatic rings. The molecule has 0 saturated carbocycles. The van der Waals surface area contributed by atoms with Gasteiger partial charge in [-0.3, -0.25) is 4.79 Å². The standard InChI is InChI=1S/C23H39N5O2/c1-7-24-23(27-20-9-11-28(15-20)22(29)17(4)5)26-14-19-8-10-25-21(13-19)30-18(6)12-16(2)3/h8,10,13,16-18,20H,7,9,11-12,14-15H2,1-6H3,(H2,24,26,27). The number of hydrogen-bond acceptors (Lipinski definition) is 4. The number of rotatable bonds is 9. The lowest BCUT2D eigenvalue weighted by Gasteiger charge is -2.20. The van der Waals surface area contributed by atoms with Gasteiger partial charge in [0.25, 0.3) is 0 Å². The van der Waals surface area contributed by atoms with Crippen LogP contribution in [-0.4, -0.2) is 53.5 Å². The molecule has 2 rings (SSSR count). The SMILES string of the molecule is CCNC(=NCc1ccnc(OC(C)CC(C)C)c1)NC1CCN(C(=O)C(C)C)C1. The molecule has 1 fully saturated rings. The van der Waals surface area contributed by atoms with Gasteiger partial charge in [0.15, 0.2) is 5.96 Å². The van der Waals surface area contributed by atoms with E-state index in [1.54, 1.807) is 6.20 Å². The fourth-order valence-corrected chi connectivity index (χ4v) is 3.66. The van der Waals surface area contributed by atoms with Crippen molar-refractivity contribution >= 4 is 11.9 Å². The number of nitrogens with zero attached hydrogens (tertiary/aromatic N) is 3. The third-order valence-electron chi connectivity index (χ3n) is 5.02. The van der Waals surface area contributed by atoms with Crippen LogP contribution in [0.5, 0.6) is 5.88 Å². The molecule has 2 atom stereocenters. The Bertz CT molecular complexity index is 705. The van der Waals surface area contributed by atoms with Crippen LogP contribution in [-0.2, 0) is 11.3 Å². The molecule has 0 spiro atoms. The first-order chi connectivity index (χ1) is 14.3. The molecule has 1 saturated heterocycles. The maximum Gasteiger partial charge on any atom is 0.225 e. The maximum atomic E-state index is 12.2. The lowest BCUT2D eigenvalue weighted by molar-refractivity contribution is -0.133. The molecule has 0 aromatic carbocycles. The molecule has 1 aromatic rings. The van der Waals surface area contributed by atoms with Gasteiger partial charge < -0.3 is 20.3 Å². The molecule has 1 aliphatic heterocycles. The molecule has 1 amide bonds. The number of carbonyl (C=O) groups is 1. The van der Waals surface area contributed by atoms with Crippen molar-refractivity contribution in [2.75, 3.05) is 19.6 Å². The van der Waals surface area contributed by atoms with E-state index in [0.717, 1.165) is 44.0 Å². The summed E-state index contributed by atoms with van der Waals surface area (Å²) in [4.78, 5) is 23.2. The summed E-state index contributed by atoms with van der Waals surface area (Å²) in [6.07, 6.45) is 3.84. The van der Waals surface area contributed by atoms with Gasteiger partial charge in [0, 0.05) is 43.9 Å². The van der Waals surface area contributed by atoms with E-state index in [4.69, 9.17) is 9.73 Å². The molecule has 168 valence electrons. The van der Waals surface area contributed by atoms with Crippen molar-refractivity contribution in [3.8, 4) is 5.88 Å². The number of pyridine rings is 1. The summed E-state index contributed by atoms with van der Waals surface area (Å²) in [5, 5.41) is 6.78. The first-order valence-electron chi connectivity index (χ1n) is 11.2. The minimum atomic E-state index is 0.0389. The molecule has 7 nitrogen and oxygen atoms in total. The van der Waals surface area contributed by atoms with Crippen molar-refractivity contribution in [3.05, 3.63) is 23.9 Å². The highest BCUT2D eigenvalue weighted by molar-refractivity contribution is 5.81. The summed E-state index contributed by atoms with van der Waals surface area (Å²) < 4.78 is 5.95. The largest absolute Gasteiger partial charge is 0.475 e. The molecule has 7 heteroatoms. The summed E-state index contributed by atoms with van der Waals surface area (Å²) >= 11 is 0. The van der Waals surface area contributed by atoms with Crippen molar-refractivity contribution in [2.24, 2.45) is 16.8 Å². The highest BCUT2D eigenvalue weighted by atomic mass is 16.5. The van der Waals surface area contributed by atoms with Gasteiger partial charge in [0.05, 0.1) is 12.6 Å². The van der Waals surface area contributed by atoms with Gasteiger partial charge in [-0.2, -0.15) is 0 Å². The molecule has 2 N–H and O–H groups in total. The number of aliphatic imine (C=N–C) groups is 1. The Balaban J connectivity index is 1.95. The second-order valence-corrected chi connectivity index (χ2v) is 8.82. The summed E-state index contributed by atoms with van der Waals surface area (Å²) in [6.45, 7) is 15.3. The van der Waals surface area contributed by atoms with Crippen LogP contribution in [0.3, 0.4) is 0 Å². The van der Waals surface area contributed by atoms with Gasteiger partial charge in [-0.15, -0.1) is 0 Å². The number of ether oxygens (including phenoxy) is 1. The maximum absolute atomic E-state index is 12.2. The molecule has 2 heterocycles. The number of carbonyl (C=O) groups excluding carboxylic acids is 1. The third kappa shape index (κ3) is 7.84. The number of guanidine groups is 1. The molecule has 30 heavy (non-hydrogen) atoms. The van der Waals surface area contributed by atoms with Gasteiger partial charge in [0.1, 0.15) is 0 Å². The van der Waals surface area contributed by atoms with Crippen LogP contribution in [0.15, 0.2) is 23.3 Å². The van der Waals surface area contributed by atoms with Crippen LogP contribution in [0.25, 0.3) is 0 Å². The van der Waals surface area contributed by atoms with Crippen LogP contribution >= 0.6 is 0 Å². The number of likely N-dealkylation sites (tertiary alicyclic amines) is 1. The Kier molecular flexibility index (Phi) is 9.40. The summed E-state index contributed by atoms with van der Waals surface area (Å²) in [5.41, 5.74) is 1.05. The quantitative estimate of drug-likeness (QED) is 0.476. The van der Waals surface area contributed by atoms with Crippen molar-refractivity contribution in [1.29, 1.82) is 0 Å². The summed E-state index contributed by atoms with van der Waals surface area (Å²) in [5.74, 6) is 2.26. The van der Waals surface area contributed by atoms with Gasteiger partial charge in [-0.05, 0) is 44.2 Å². The Labute approximate surface area is 181 Å². The Morgan fingerprint density at radius 3 is 2.77 bits per heavy atom. The topological polar surface area (TPSA) is 78.9 Å². The summed E-state index contributed by atoms with van der Waals surface area (Å²) in [6, 6.07) is 4.15. The highest BCUT2D eigenvalue weighted by Crippen LogP contribution is 2.16. The first kappa shape index (κ1) is 24.0. The van der Waals surface area contributed by atoms with Crippen molar-refractivity contribution in [1.82, 2.24) is 20.5 Å². The van der Waals surface area contributed by atoms with Crippen LogP contribution in [0.4, 0.5) is 0 Å². The van der Waals surface area contributed by atoms with Crippen LogP contribution in [0.2, 0.25) is 0 Å². The van der Waals surface area contributed by atoms with E-state index < -0.39 is 0 Å². The van der Waals surface area contributed by atoms with Gasteiger partial charge in [0.2, 0.25) is 11.8 Å². The fraction of sp³-hybridized carbons (Fsp3) is 0.696. The Hall–Kier alpha value is -2.31. The molecular formula is C23H39N5O2. The molecule has 2 unspecified atom stereocenters. The van der Waals surface area contributed by atoms with Gasteiger partial charge in [-0.25, -0.2) is 9.98 Å². The average Bonchev–Trinajstić information content (AvgIpc) is 3.13. The Morgan fingerprint density at radius 2 is 2.10 bits per heavy atom. The predicted octanol–water partition coefficient (Wildman–Crippen LogP) is 3.21. The Morgan fingerprint density at radius 1 is 1.33 bits per heavy atom. The monoisotopic (exact) mass is 417 g/mol. The third-order valence-corrected chi connectivity index (χ3v) is 5.02. The smallest absolute Gasteiger partial charge is 0.225 e. The van der Waals surface area contributed by atoms with Crippen molar-refractivity contribution < 1.29 is 9.53 Å². The van der Waals surface area contributed by atoms with Crippen LogP contribution in [0, 0.1) is 11.8 Å². The average molecular weight is 418 g/mol. The molecular weight excluding hydrogens is 378 g/mol.